The Morgan fingerprint density at radius 1 is 0.846 bits per heavy atom. The summed E-state index contributed by atoms with van der Waals surface area (Å²) in [6.07, 6.45) is 4.79. The van der Waals surface area contributed by atoms with E-state index in [1.54, 1.807) is 0 Å². The highest BCUT2D eigenvalue weighted by atomic mass is 16.3. The van der Waals surface area contributed by atoms with Crippen LogP contribution in [0.2, 0.25) is 0 Å². The summed E-state index contributed by atoms with van der Waals surface area (Å²) >= 11 is 0. The normalized spacial score (nSPS) is 14.8. The van der Waals surface area contributed by atoms with E-state index in [0.717, 1.165) is 29.8 Å². The number of anilines is 2. The molecule has 0 unspecified atom stereocenters. The van der Waals surface area contributed by atoms with Crippen molar-refractivity contribution < 1.29 is 5.11 Å². The largest absolute Gasteiger partial charge is 0.505 e. The third-order valence-corrected chi connectivity index (χ3v) is 5.45. The summed E-state index contributed by atoms with van der Waals surface area (Å²) in [5, 5.41) is 14.6. The molecule has 2 nitrogen and oxygen atoms in total. The molecular weight excluding hydrogens is 318 g/mol. The van der Waals surface area contributed by atoms with Gasteiger partial charge in [0.05, 0.1) is 5.69 Å². The smallest absolute Gasteiger partial charge is 0.142 e. The minimum Gasteiger partial charge on any atom is -0.505 e. The summed E-state index contributed by atoms with van der Waals surface area (Å²) in [4.78, 5) is 0. The Bertz CT molecular complexity index is 806. The second kappa shape index (κ2) is 6.64. The van der Waals surface area contributed by atoms with E-state index in [1.165, 1.54) is 29.5 Å². The van der Waals surface area contributed by atoms with Crippen molar-refractivity contribution in [3.8, 4) is 5.75 Å². The molecule has 0 saturated carbocycles. The van der Waals surface area contributed by atoms with Gasteiger partial charge in [0.25, 0.3) is 0 Å². The number of nitrogens with one attached hydrogen (secondary N) is 1. The number of rotatable bonds is 2. The van der Waals surface area contributed by atoms with Gasteiger partial charge < -0.3 is 10.4 Å². The number of phenols is 1. The van der Waals surface area contributed by atoms with Crippen molar-refractivity contribution in [2.45, 2.75) is 78.1 Å². The van der Waals surface area contributed by atoms with E-state index in [9.17, 15) is 5.11 Å². The van der Waals surface area contributed by atoms with Crippen molar-refractivity contribution in [2.75, 3.05) is 5.32 Å². The van der Waals surface area contributed by atoms with Crippen LogP contribution in [0.15, 0.2) is 30.3 Å². The average molecular weight is 352 g/mol. The highest BCUT2D eigenvalue weighted by Gasteiger charge is 2.25. The van der Waals surface area contributed by atoms with E-state index in [1.807, 2.05) is 0 Å². The maximum absolute atomic E-state index is 11.0. The molecule has 0 bridgehead atoms. The van der Waals surface area contributed by atoms with Gasteiger partial charge in [0.2, 0.25) is 0 Å². The quantitative estimate of drug-likeness (QED) is 0.597. The molecule has 2 aromatic carbocycles. The highest BCUT2D eigenvalue weighted by molar-refractivity contribution is 5.72. The molecule has 1 aliphatic carbocycles. The topological polar surface area (TPSA) is 32.3 Å². The summed E-state index contributed by atoms with van der Waals surface area (Å²) in [5.41, 5.74) is 6.98. The van der Waals surface area contributed by atoms with E-state index < -0.39 is 0 Å². The van der Waals surface area contributed by atoms with E-state index in [-0.39, 0.29) is 10.8 Å². The number of fused-ring (bicyclic) bond motifs is 1. The van der Waals surface area contributed by atoms with Crippen LogP contribution in [0.4, 0.5) is 11.4 Å². The van der Waals surface area contributed by atoms with Crippen LogP contribution in [-0.4, -0.2) is 5.11 Å². The predicted molar refractivity (Wildman–Crippen MR) is 112 cm³/mol. The molecule has 26 heavy (non-hydrogen) atoms. The first-order valence-corrected chi connectivity index (χ1v) is 9.83. The Kier molecular flexibility index (Phi) is 4.81. The molecule has 0 fully saturated rings. The molecule has 0 saturated heterocycles. The van der Waals surface area contributed by atoms with Gasteiger partial charge in [-0.3, -0.25) is 0 Å². The molecule has 0 radical (unpaired) electrons. The predicted octanol–water partition coefficient (Wildman–Crippen LogP) is 6.61. The second-order valence-electron chi connectivity index (χ2n) is 9.70. The van der Waals surface area contributed by atoms with Crippen LogP contribution in [0.3, 0.4) is 0 Å². The third-order valence-electron chi connectivity index (χ3n) is 5.45. The van der Waals surface area contributed by atoms with Crippen molar-refractivity contribution >= 4 is 11.4 Å². The van der Waals surface area contributed by atoms with Gasteiger partial charge in [0.15, 0.2) is 0 Å². The third kappa shape index (κ3) is 3.75. The zero-order valence-corrected chi connectivity index (χ0v) is 17.2. The molecule has 2 heteroatoms. The lowest BCUT2D eigenvalue weighted by molar-refractivity contribution is 0.447. The van der Waals surface area contributed by atoms with Crippen molar-refractivity contribution in [3.05, 3.63) is 52.6 Å². The minimum absolute atomic E-state index is 0.0280. The van der Waals surface area contributed by atoms with E-state index >= 15 is 0 Å². The van der Waals surface area contributed by atoms with E-state index in [4.69, 9.17) is 0 Å². The molecule has 0 spiro atoms. The fraction of sp³-hybridized carbons (Fsp3) is 0.500. The SMILES string of the molecule is CC(C)(C)c1cc(Nc2cccc3c2CCCC3)c(O)c(C(C)(C)C)c1. The van der Waals surface area contributed by atoms with Crippen molar-refractivity contribution in [3.63, 3.8) is 0 Å². The number of phenolic OH excluding ortho intramolecular Hbond substituents is 1. The second-order valence-corrected chi connectivity index (χ2v) is 9.70. The molecule has 2 aromatic rings. The minimum atomic E-state index is -0.113. The van der Waals surface area contributed by atoms with Crippen LogP contribution in [0.1, 0.15) is 76.6 Å². The summed E-state index contributed by atoms with van der Waals surface area (Å²) in [6.45, 7) is 13.1. The van der Waals surface area contributed by atoms with Crippen molar-refractivity contribution in [1.82, 2.24) is 0 Å². The van der Waals surface area contributed by atoms with Crippen LogP contribution >= 0.6 is 0 Å². The van der Waals surface area contributed by atoms with Gasteiger partial charge in [-0.15, -0.1) is 0 Å². The molecule has 1 aliphatic rings. The lowest BCUT2D eigenvalue weighted by Gasteiger charge is -2.28. The number of aryl methyl sites for hydroxylation is 1. The first-order valence-electron chi connectivity index (χ1n) is 9.83. The summed E-state index contributed by atoms with van der Waals surface area (Å²) in [5.74, 6) is 0.374. The Balaban J connectivity index is 2.11. The van der Waals surface area contributed by atoms with Crippen molar-refractivity contribution in [1.29, 1.82) is 0 Å². The van der Waals surface area contributed by atoms with Gasteiger partial charge in [0, 0.05) is 11.3 Å². The van der Waals surface area contributed by atoms with Gasteiger partial charge in [0.1, 0.15) is 5.75 Å². The Morgan fingerprint density at radius 2 is 1.54 bits per heavy atom. The fourth-order valence-corrected chi connectivity index (χ4v) is 3.78. The first kappa shape index (κ1) is 18.8. The molecule has 0 aliphatic heterocycles. The highest BCUT2D eigenvalue weighted by Crippen LogP contribution is 2.42. The summed E-state index contributed by atoms with van der Waals surface area (Å²) < 4.78 is 0. The molecule has 0 amide bonds. The molecule has 0 aromatic heterocycles. The standard InChI is InChI=1S/C24H33NO/c1-23(2,3)17-14-19(24(4,5)6)22(26)21(15-17)25-20-13-9-11-16-10-7-8-12-18(16)20/h9,11,13-15,25-26H,7-8,10,12H2,1-6H3. The Hall–Kier alpha value is -1.96. The van der Waals surface area contributed by atoms with E-state index in [0.29, 0.717) is 5.75 Å². The molecule has 3 rings (SSSR count). The van der Waals surface area contributed by atoms with Gasteiger partial charge >= 0.3 is 0 Å². The zero-order chi connectivity index (χ0) is 19.1. The fourth-order valence-electron chi connectivity index (χ4n) is 3.78. The molecular formula is C24H33NO. The zero-order valence-electron chi connectivity index (χ0n) is 17.2. The number of hydrogen-bond donors (Lipinski definition) is 2. The summed E-state index contributed by atoms with van der Waals surface area (Å²) in [6, 6.07) is 10.8. The average Bonchev–Trinajstić information content (AvgIpc) is 2.55. The van der Waals surface area contributed by atoms with Gasteiger partial charge in [-0.25, -0.2) is 0 Å². The van der Waals surface area contributed by atoms with Gasteiger partial charge in [-0.1, -0.05) is 59.7 Å². The summed E-state index contributed by atoms with van der Waals surface area (Å²) in [7, 11) is 0. The molecule has 140 valence electrons. The Morgan fingerprint density at radius 3 is 2.19 bits per heavy atom. The lowest BCUT2D eigenvalue weighted by Crippen LogP contribution is -2.17. The number of aromatic hydroxyl groups is 1. The van der Waals surface area contributed by atoms with Crippen LogP contribution < -0.4 is 5.32 Å². The maximum Gasteiger partial charge on any atom is 0.142 e. The molecule has 0 heterocycles. The molecule has 0 atom stereocenters. The van der Waals surface area contributed by atoms with Gasteiger partial charge in [-0.05, 0) is 65.3 Å². The van der Waals surface area contributed by atoms with Crippen molar-refractivity contribution in [2.24, 2.45) is 0 Å². The first-order chi connectivity index (χ1) is 12.1. The van der Waals surface area contributed by atoms with Gasteiger partial charge in [-0.2, -0.15) is 0 Å². The molecule has 2 N–H and O–H groups in total. The van der Waals surface area contributed by atoms with E-state index in [2.05, 4.69) is 77.2 Å². The lowest BCUT2D eigenvalue weighted by atomic mass is 9.79. The van der Waals surface area contributed by atoms with Crippen LogP contribution in [0.5, 0.6) is 5.75 Å². The number of benzene rings is 2. The number of hydrogen-bond acceptors (Lipinski definition) is 2. The maximum atomic E-state index is 11.0. The van der Waals surface area contributed by atoms with Crippen LogP contribution in [0, 0.1) is 0 Å². The van der Waals surface area contributed by atoms with Crippen LogP contribution in [-0.2, 0) is 23.7 Å². The van der Waals surface area contributed by atoms with Crippen LogP contribution in [0.25, 0.3) is 0 Å². The Labute approximate surface area is 158 Å². The monoisotopic (exact) mass is 351 g/mol.